The van der Waals surface area contributed by atoms with E-state index in [1.165, 1.54) is 0 Å². The van der Waals surface area contributed by atoms with Gasteiger partial charge in [-0.15, -0.1) is 0 Å². The maximum atomic E-state index is 12.2. The Morgan fingerprint density at radius 2 is 1.75 bits per heavy atom. The van der Waals surface area contributed by atoms with Crippen LogP contribution < -0.4 is 14.8 Å². The van der Waals surface area contributed by atoms with Gasteiger partial charge in [-0.05, 0) is 71.0 Å². The number of benzene rings is 2. The van der Waals surface area contributed by atoms with Gasteiger partial charge < -0.3 is 19.7 Å². The largest absolute Gasteiger partial charge is 0.493 e. The van der Waals surface area contributed by atoms with Crippen LogP contribution in [0.4, 0.5) is 10.5 Å². The van der Waals surface area contributed by atoms with Crippen LogP contribution >= 0.6 is 22.6 Å². The van der Waals surface area contributed by atoms with Crippen molar-refractivity contribution in [3.63, 3.8) is 0 Å². The number of hydrogen-bond acceptors (Lipinski definition) is 3. The molecule has 0 heterocycles. The van der Waals surface area contributed by atoms with E-state index >= 15 is 0 Å². The summed E-state index contributed by atoms with van der Waals surface area (Å²) in [7, 11) is 5.01. The summed E-state index contributed by atoms with van der Waals surface area (Å²) >= 11 is 2.23. The molecule has 0 radical (unpaired) electrons. The van der Waals surface area contributed by atoms with Crippen molar-refractivity contribution in [2.24, 2.45) is 0 Å². The second-order valence-corrected chi connectivity index (χ2v) is 6.54. The lowest BCUT2D eigenvalue weighted by Crippen LogP contribution is -2.32. The molecular formula is C18H21IN2O3. The van der Waals surface area contributed by atoms with Crippen molar-refractivity contribution >= 4 is 34.3 Å². The molecule has 0 saturated heterocycles. The van der Waals surface area contributed by atoms with Crippen molar-refractivity contribution in [3.05, 3.63) is 51.6 Å². The summed E-state index contributed by atoms with van der Waals surface area (Å²) in [5.74, 6) is 1.40. The Morgan fingerprint density at radius 3 is 2.38 bits per heavy atom. The number of carbonyl (C=O) groups is 1. The normalized spacial score (nSPS) is 10.2. The van der Waals surface area contributed by atoms with Crippen molar-refractivity contribution in [1.29, 1.82) is 0 Å². The first-order chi connectivity index (χ1) is 11.5. The molecule has 128 valence electrons. The lowest BCUT2D eigenvalue weighted by Gasteiger charge is -2.18. The number of methoxy groups -OCH3 is 2. The number of hydrogen-bond donors (Lipinski definition) is 1. The molecule has 1 N–H and O–H groups in total. The number of anilines is 1. The summed E-state index contributed by atoms with van der Waals surface area (Å²) in [6, 6.07) is 13.4. The molecule has 0 unspecified atom stereocenters. The molecule has 0 aromatic heterocycles. The molecular weight excluding hydrogens is 419 g/mol. The molecule has 0 fully saturated rings. The van der Waals surface area contributed by atoms with Crippen LogP contribution in [-0.4, -0.2) is 38.7 Å². The number of amides is 2. The summed E-state index contributed by atoms with van der Waals surface area (Å²) in [6.45, 7) is 0.603. The van der Waals surface area contributed by atoms with Crippen molar-refractivity contribution < 1.29 is 14.3 Å². The second-order valence-electron chi connectivity index (χ2n) is 5.30. The fourth-order valence-electron chi connectivity index (χ4n) is 2.19. The Hall–Kier alpha value is -1.96. The third-order valence-corrected chi connectivity index (χ3v) is 4.35. The molecule has 0 spiro atoms. The van der Waals surface area contributed by atoms with Gasteiger partial charge in [0.05, 0.1) is 14.2 Å². The molecule has 0 aliphatic rings. The summed E-state index contributed by atoms with van der Waals surface area (Å²) < 4.78 is 11.7. The molecule has 24 heavy (non-hydrogen) atoms. The van der Waals surface area contributed by atoms with Crippen molar-refractivity contribution in [1.82, 2.24) is 4.90 Å². The Morgan fingerprint density at radius 1 is 1.08 bits per heavy atom. The van der Waals surface area contributed by atoms with E-state index in [-0.39, 0.29) is 6.03 Å². The van der Waals surface area contributed by atoms with Gasteiger partial charge in [0.1, 0.15) is 0 Å². The highest BCUT2D eigenvalue weighted by Crippen LogP contribution is 2.27. The lowest BCUT2D eigenvalue weighted by atomic mass is 10.1. The van der Waals surface area contributed by atoms with E-state index in [9.17, 15) is 4.79 Å². The Balaban J connectivity index is 1.91. The smallest absolute Gasteiger partial charge is 0.321 e. The highest BCUT2D eigenvalue weighted by atomic mass is 127. The first-order valence-corrected chi connectivity index (χ1v) is 8.60. The Labute approximate surface area is 156 Å². The predicted molar refractivity (Wildman–Crippen MR) is 104 cm³/mol. The summed E-state index contributed by atoms with van der Waals surface area (Å²) in [6.07, 6.45) is 0.733. The monoisotopic (exact) mass is 440 g/mol. The molecule has 5 nitrogen and oxygen atoms in total. The van der Waals surface area contributed by atoms with Crippen LogP contribution in [0.3, 0.4) is 0 Å². The van der Waals surface area contributed by atoms with Gasteiger partial charge in [-0.1, -0.05) is 6.07 Å². The van der Waals surface area contributed by atoms with Crippen LogP contribution in [0, 0.1) is 3.57 Å². The number of carbonyl (C=O) groups excluding carboxylic acids is 1. The van der Waals surface area contributed by atoms with Crippen LogP contribution in [0.2, 0.25) is 0 Å². The first-order valence-electron chi connectivity index (χ1n) is 7.52. The maximum Gasteiger partial charge on any atom is 0.321 e. The molecule has 2 amide bonds. The molecule has 0 atom stereocenters. The minimum Gasteiger partial charge on any atom is -0.493 e. The zero-order chi connectivity index (χ0) is 17.5. The molecule has 0 aliphatic carbocycles. The standard InChI is InChI=1S/C18H21IN2O3/c1-21(18(22)20-15-7-5-14(19)6-8-15)11-10-13-4-9-16(23-2)17(12-13)24-3/h4-9,12H,10-11H2,1-3H3,(H,20,22). The van der Waals surface area contributed by atoms with Gasteiger partial charge in [0.25, 0.3) is 0 Å². The number of urea groups is 1. The SMILES string of the molecule is COc1ccc(CCN(C)C(=O)Nc2ccc(I)cc2)cc1OC. The fraction of sp³-hybridized carbons (Fsp3) is 0.278. The molecule has 0 aliphatic heterocycles. The number of halogens is 1. The molecule has 2 aromatic carbocycles. The average Bonchev–Trinajstić information content (AvgIpc) is 2.61. The van der Waals surface area contributed by atoms with Crippen LogP contribution in [0.5, 0.6) is 11.5 Å². The third-order valence-electron chi connectivity index (χ3n) is 3.63. The number of rotatable bonds is 6. The van der Waals surface area contributed by atoms with E-state index in [0.29, 0.717) is 18.0 Å². The van der Waals surface area contributed by atoms with Crippen molar-refractivity contribution in [2.75, 3.05) is 33.1 Å². The number of nitrogens with one attached hydrogen (secondary N) is 1. The quantitative estimate of drug-likeness (QED) is 0.691. The molecule has 6 heteroatoms. The Bertz CT molecular complexity index is 689. The van der Waals surface area contributed by atoms with Crippen LogP contribution in [0.25, 0.3) is 0 Å². The lowest BCUT2D eigenvalue weighted by molar-refractivity contribution is 0.223. The second kappa shape index (κ2) is 8.77. The third kappa shape index (κ3) is 5.02. The number of nitrogens with zero attached hydrogens (tertiary/aromatic N) is 1. The molecule has 2 aromatic rings. The molecule has 0 bridgehead atoms. The van der Waals surface area contributed by atoms with Gasteiger partial charge in [-0.25, -0.2) is 4.79 Å². The van der Waals surface area contributed by atoms with E-state index < -0.39 is 0 Å². The predicted octanol–water partition coefficient (Wildman–Crippen LogP) is 4.01. The van der Waals surface area contributed by atoms with E-state index in [4.69, 9.17) is 9.47 Å². The topological polar surface area (TPSA) is 50.8 Å². The zero-order valence-electron chi connectivity index (χ0n) is 14.0. The summed E-state index contributed by atoms with van der Waals surface area (Å²) in [5.41, 5.74) is 1.87. The van der Waals surface area contributed by atoms with E-state index in [1.807, 2.05) is 42.5 Å². The number of ether oxygens (including phenoxy) is 2. The molecule has 2 rings (SSSR count). The van der Waals surface area contributed by atoms with Crippen molar-refractivity contribution in [3.8, 4) is 11.5 Å². The minimum absolute atomic E-state index is 0.128. The minimum atomic E-state index is -0.128. The average molecular weight is 440 g/mol. The van der Waals surface area contributed by atoms with Gasteiger partial charge in [-0.2, -0.15) is 0 Å². The van der Waals surface area contributed by atoms with Crippen LogP contribution in [-0.2, 0) is 6.42 Å². The van der Waals surface area contributed by atoms with Crippen molar-refractivity contribution in [2.45, 2.75) is 6.42 Å². The molecule has 0 saturated carbocycles. The van der Waals surface area contributed by atoms with Gasteiger partial charge in [0.15, 0.2) is 11.5 Å². The van der Waals surface area contributed by atoms with E-state index in [2.05, 4.69) is 27.9 Å². The van der Waals surface area contributed by atoms with E-state index in [1.54, 1.807) is 26.2 Å². The summed E-state index contributed by atoms with van der Waals surface area (Å²) in [4.78, 5) is 13.9. The van der Waals surface area contributed by atoms with Crippen LogP contribution in [0.1, 0.15) is 5.56 Å². The zero-order valence-corrected chi connectivity index (χ0v) is 16.2. The van der Waals surface area contributed by atoms with E-state index in [0.717, 1.165) is 21.2 Å². The Kier molecular flexibility index (Phi) is 6.72. The van der Waals surface area contributed by atoms with Crippen LogP contribution in [0.15, 0.2) is 42.5 Å². The summed E-state index contributed by atoms with van der Waals surface area (Å²) in [5, 5.41) is 2.88. The highest BCUT2D eigenvalue weighted by Gasteiger charge is 2.10. The number of likely N-dealkylation sites (N-methyl/N-ethyl adjacent to an activating group) is 1. The highest BCUT2D eigenvalue weighted by molar-refractivity contribution is 14.1. The van der Waals surface area contributed by atoms with Gasteiger partial charge in [0, 0.05) is 22.8 Å². The maximum absolute atomic E-state index is 12.2. The van der Waals surface area contributed by atoms with Gasteiger partial charge in [0.2, 0.25) is 0 Å². The first kappa shape index (κ1) is 18.4. The fourth-order valence-corrected chi connectivity index (χ4v) is 2.55. The van der Waals surface area contributed by atoms with Gasteiger partial charge >= 0.3 is 6.03 Å². The van der Waals surface area contributed by atoms with Gasteiger partial charge in [-0.3, -0.25) is 0 Å².